The first-order valence-corrected chi connectivity index (χ1v) is 10.8. The smallest absolute Gasteiger partial charge is 0.311 e. The van der Waals surface area contributed by atoms with Crippen molar-refractivity contribution in [3.05, 3.63) is 58.4 Å². The van der Waals surface area contributed by atoms with E-state index in [0.717, 1.165) is 4.68 Å². The molecule has 0 aliphatic carbocycles. The molecule has 0 spiro atoms. The number of piperidine rings is 1. The average Bonchev–Trinajstić information content (AvgIpc) is 3.14. The van der Waals surface area contributed by atoms with Gasteiger partial charge in [0, 0.05) is 13.1 Å². The minimum absolute atomic E-state index is 0.0588. The van der Waals surface area contributed by atoms with Gasteiger partial charge in [-0.25, -0.2) is 4.39 Å². The van der Waals surface area contributed by atoms with Gasteiger partial charge < -0.3 is 14.7 Å². The third-order valence-electron chi connectivity index (χ3n) is 5.74. The standard InChI is InChI=1S/C23H23ClFN3O4/c1-3-32-23(31)14-10-11-27(12-18(14)29)21-20-16(25)8-5-9-17(20)28(26-21)22(30)19-13(2)6-4-7-15(19)24/h4-9,14,18,29H,3,10-12H2,1-2H3/t14-,18+/m1/s1. The maximum absolute atomic E-state index is 14.9. The van der Waals surface area contributed by atoms with E-state index in [1.54, 1.807) is 43.0 Å². The minimum atomic E-state index is -1.00. The molecule has 168 valence electrons. The van der Waals surface area contributed by atoms with E-state index < -0.39 is 29.7 Å². The van der Waals surface area contributed by atoms with Gasteiger partial charge in [0.05, 0.1) is 40.1 Å². The van der Waals surface area contributed by atoms with Gasteiger partial charge in [-0.2, -0.15) is 4.68 Å². The number of hydrogen-bond acceptors (Lipinski definition) is 6. The molecule has 1 fully saturated rings. The fourth-order valence-corrected chi connectivity index (χ4v) is 4.44. The lowest BCUT2D eigenvalue weighted by Crippen LogP contribution is -2.47. The van der Waals surface area contributed by atoms with Gasteiger partial charge in [-0.1, -0.05) is 29.8 Å². The van der Waals surface area contributed by atoms with Crippen molar-refractivity contribution in [1.82, 2.24) is 9.78 Å². The lowest BCUT2D eigenvalue weighted by atomic mass is 9.94. The summed E-state index contributed by atoms with van der Waals surface area (Å²) in [5, 5.41) is 15.4. The van der Waals surface area contributed by atoms with Gasteiger partial charge in [0.15, 0.2) is 5.82 Å². The van der Waals surface area contributed by atoms with E-state index in [1.165, 1.54) is 12.1 Å². The van der Waals surface area contributed by atoms with Crippen LogP contribution in [0.2, 0.25) is 5.02 Å². The Morgan fingerprint density at radius 1 is 1.28 bits per heavy atom. The molecular formula is C23H23ClFN3O4. The van der Waals surface area contributed by atoms with Crippen LogP contribution in [0.25, 0.3) is 10.9 Å². The molecule has 32 heavy (non-hydrogen) atoms. The van der Waals surface area contributed by atoms with E-state index in [4.69, 9.17) is 16.3 Å². The van der Waals surface area contributed by atoms with Gasteiger partial charge in [0.1, 0.15) is 5.82 Å². The molecule has 0 amide bonds. The van der Waals surface area contributed by atoms with Crippen molar-refractivity contribution in [2.45, 2.75) is 26.4 Å². The predicted octanol–water partition coefficient (Wildman–Crippen LogP) is 3.58. The first-order chi connectivity index (χ1) is 15.3. The Kier molecular flexibility index (Phi) is 6.17. The Morgan fingerprint density at radius 2 is 2.03 bits per heavy atom. The third kappa shape index (κ3) is 3.84. The molecule has 0 radical (unpaired) electrons. The van der Waals surface area contributed by atoms with Crippen LogP contribution in [-0.2, 0) is 9.53 Å². The second kappa shape index (κ2) is 8.88. The Morgan fingerprint density at radius 3 is 2.72 bits per heavy atom. The van der Waals surface area contributed by atoms with Gasteiger partial charge >= 0.3 is 5.97 Å². The van der Waals surface area contributed by atoms with Crippen molar-refractivity contribution < 1.29 is 23.8 Å². The van der Waals surface area contributed by atoms with Crippen LogP contribution in [0.4, 0.5) is 10.2 Å². The number of aliphatic hydroxyl groups excluding tert-OH is 1. The summed E-state index contributed by atoms with van der Waals surface area (Å²) in [6, 6.07) is 9.55. The second-order valence-electron chi connectivity index (χ2n) is 7.77. The third-order valence-corrected chi connectivity index (χ3v) is 6.05. The van der Waals surface area contributed by atoms with Crippen LogP contribution in [0.15, 0.2) is 36.4 Å². The first-order valence-electron chi connectivity index (χ1n) is 10.4. The van der Waals surface area contributed by atoms with Crippen LogP contribution in [-0.4, -0.2) is 52.6 Å². The maximum Gasteiger partial charge on any atom is 0.311 e. The van der Waals surface area contributed by atoms with Crippen LogP contribution in [0.5, 0.6) is 0 Å². The molecule has 9 heteroatoms. The highest BCUT2D eigenvalue weighted by atomic mass is 35.5. The van der Waals surface area contributed by atoms with Crippen LogP contribution < -0.4 is 4.90 Å². The highest BCUT2D eigenvalue weighted by Crippen LogP contribution is 2.33. The molecule has 1 aliphatic heterocycles. The number of aromatic nitrogens is 2. The molecule has 2 atom stereocenters. The normalized spacial score (nSPS) is 18.7. The quantitative estimate of drug-likeness (QED) is 0.600. The van der Waals surface area contributed by atoms with Gasteiger partial charge in [0.25, 0.3) is 5.91 Å². The SMILES string of the molecule is CCOC(=O)[C@@H]1CCN(c2nn(C(=O)c3c(C)cccc3Cl)c3cccc(F)c23)C[C@@H]1O. The Balaban J connectivity index is 1.75. The number of carbonyl (C=O) groups excluding carboxylic acids is 2. The summed E-state index contributed by atoms with van der Waals surface area (Å²) in [5.41, 5.74) is 1.26. The fourth-order valence-electron chi connectivity index (χ4n) is 4.14. The molecule has 2 heterocycles. The number of aliphatic hydroxyl groups is 1. The molecule has 0 unspecified atom stereocenters. The number of hydrogen-bond donors (Lipinski definition) is 1. The van der Waals surface area contributed by atoms with Crippen molar-refractivity contribution in [2.24, 2.45) is 5.92 Å². The van der Waals surface area contributed by atoms with Gasteiger partial charge in [-0.3, -0.25) is 9.59 Å². The fraction of sp³-hybridized carbons (Fsp3) is 0.348. The summed E-state index contributed by atoms with van der Waals surface area (Å²) < 4.78 is 21.1. The van der Waals surface area contributed by atoms with E-state index >= 15 is 0 Å². The van der Waals surface area contributed by atoms with Crippen LogP contribution >= 0.6 is 11.6 Å². The molecule has 0 saturated carbocycles. The maximum atomic E-state index is 14.9. The number of esters is 1. The number of halogens is 2. The van der Waals surface area contributed by atoms with E-state index in [1.807, 2.05) is 0 Å². The summed E-state index contributed by atoms with van der Waals surface area (Å²) in [6.45, 7) is 4.11. The lowest BCUT2D eigenvalue weighted by Gasteiger charge is -2.34. The monoisotopic (exact) mass is 459 g/mol. The van der Waals surface area contributed by atoms with Crippen molar-refractivity contribution in [3.8, 4) is 0 Å². The van der Waals surface area contributed by atoms with Gasteiger partial charge in [0.2, 0.25) is 0 Å². The highest BCUT2D eigenvalue weighted by Gasteiger charge is 2.36. The van der Waals surface area contributed by atoms with Crippen LogP contribution in [0, 0.1) is 18.7 Å². The molecule has 1 aromatic heterocycles. The Bertz CT molecular complexity index is 1180. The Labute approximate surface area is 189 Å². The second-order valence-corrected chi connectivity index (χ2v) is 8.17. The van der Waals surface area contributed by atoms with E-state index in [0.29, 0.717) is 24.0 Å². The number of carbonyl (C=O) groups is 2. The lowest BCUT2D eigenvalue weighted by molar-refractivity contribution is -0.152. The number of β-amino-alcohol motifs (C(OH)–C–C–N with tert-alkyl or cyclic N) is 1. The summed E-state index contributed by atoms with van der Waals surface area (Å²) in [5.74, 6) is -1.88. The van der Waals surface area contributed by atoms with E-state index in [9.17, 15) is 19.1 Å². The highest BCUT2D eigenvalue weighted by molar-refractivity contribution is 6.34. The molecule has 4 rings (SSSR count). The molecule has 1 saturated heterocycles. The molecule has 2 aromatic carbocycles. The summed E-state index contributed by atoms with van der Waals surface area (Å²) in [6.07, 6.45) is -0.684. The molecule has 7 nitrogen and oxygen atoms in total. The summed E-state index contributed by atoms with van der Waals surface area (Å²) in [4.78, 5) is 27.1. The van der Waals surface area contributed by atoms with Gasteiger partial charge in [-0.05, 0) is 44.0 Å². The van der Waals surface area contributed by atoms with E-state index in [-0.39, 0.29) is 34.9 Å². The number of fused-ring (bicyclic) bond motifs is 1. The van der Waals surface area contributed by atoms with Crippen LogP contribution in [0.3, 0.4) is 0 Å². The van der Waals surface area contributed by atoms with Crippen LogP contribution in [0.1, 0.15) is 29.3 Å². The first kappa shape index (κ1) is 22.2. The number of benzene rings is 2. The van der Waals surface area contributed by atoms with Crippen molar-refractivity contribution in [2.75, 3.05) is 24.6 Å². The number of aryl methyl sites for hydroxylation is 1. The van der Waals surface area contributed by atoms with E-state index in [2.05, 4.69) is 5.10 Å². The number of anilines is 1. The molecule has 3 aromatic rings. The van der Waals surface area contributed by atoms with Crippen molar-refractivity contribution in [1.29, 1.82) is 0 Å². The van der Waals surface area contributed by atoms with Crippen molar-refractivity contribution in [3.63, 3.8) is 0 Å². The number of ether oxygens (including phenoxy) is 1. The average molecular weight is 460 g/mol. The zero-order valence-electron chi connectivity index (χ0n) is 17.7. The zero-order valence-corrected chi connectivity index (χ0v) is 18.5. The topological polar surface area (TPSA) is 84.7 Å². The largest absolute Gasteiger partial charge is 0.466 e. The Hall–Kier alpha value is -2.97. The van der Waals surface area contributed by atoms with Gasteiger partial charge in [-0.15, -0.1) is 5.10 Å². The van der Waals surface area contributed by atoms with Crippen molar-refractivity contribution >= 4 is 40.2 Å². The predicted molar refractivity (Wildman–Crippen MR) is 119 cm³/mol. The summed E-state index contributed by atoms with van der Waals surface area (Å²) in [7, 11) is 0. The molecule has 1 aliphatic rings. The number of rotatable bonds is 4. The number of nitrogens with zero attached hydrogens (tertiary/aromatic N) is 3. The molecule has 1 N–H and O–H groups in total. The molecular weight excluding hydrogens is 437 g/mol. The zero-order chi connectivity index (χ0) is 23.0. The minimum Gasteiger partial charge on any atom is -0.466 e. The summed E-state index contributed by atoms with van der Waals surface area (Å²) >= 11 is 6.28. The molecule has 0 bridgehead atoms.